The van der Waals surface area contributed by atoms with E-state index in [-0.39, 0.29) is 28.9 Å². The lowest BCUT2D eigenvalue weighted by Crippen LogP contribution is -2.33. The van der Waals surface area contributed by atoms with Crippen LogP contribution in [0.5, 0.6) is 0 Å². The highest BCUT2D eigenvalue weighted by Crippen LogP contribution is 2.32. The molecule has 120 valence electrons. The minimum Gasteiger partial charge on any atom is -0.337 e. The Balaban J connectivity index is 1.84. The summed E-state index contributed by atoms with van der Waals surface area (Å²) in [5.74, 6) is 0.212. The summed E-state index contributed by atoms with van der Waals surface area (Å²) >= 11 is 0. The number of hydrogen-bond acceptors (Lipinski definition) is 3. The fourth-order valence-electron chi connectivity index (χ4n) is 3.26. The molecule has 0 aliphatic carbocycles. The van der Waals surface area contributed by atoms with E-state index in [1.165, 1.54) is 5.56 Å². The number of amides is 1. The van der Waals surface area contributed by atoms with E-state index in [9.17, 15) is 9.59 Å². The molecule has 0 unspecified atom stereocenters. The maximum absolute atomic E-state index is 12.7. The predicted molar refractivity (Wildman–Crippen MR) is 89.4 cm³/mol. The Morgan fingerprint density at radius 3 is 2.61 bits per heavy atom. The molecule has 23 heavy (non-hydrogen) atoms. The van der Waals surface area contributed by atoms with Crippen molar-refractivity contribution in [3.8, 4) is 0 Å². The average Bonchev–Trinajstić information content (AvgIpc) is 2.99. The van der Waals surface area contributed by atoms with E-state index in [4.69, 9.17) is 5.73 Å². The first-order chi connectivity index (χ1) is 11.1. The standard InChI is InChI=1S/C18H21N3O2/c1-12-7-8-15(17(22)20-12)18(23)21-10-14(9-19)16(11-21)13-5-3-2-4-6-13/h2-8,14,16H,9-11,19H2,1H3,(H,20,22)/t14-,16+/m1/s1. The van der Waals surface area contributed by atoms with Gasteiger partial charge >= 0.3 is 0 Å². The minimum absolute atomic E-state index is 0.195. The number of nitrogens with one attached hydrogen (secondary N) is 1. The summed E-state index contributed by atoms with van der Waals surface area (Å²) in [4.78, 5) is 29.1. The fraction of sp³-hybridized carbons (Fsp3) is 0.333. The summed E-state index contributed by atoms with van der Waals surface area (Å²) in [7, 11) is 0. The summed E-state index contributed by atoms with van der Waals surface area (Å²) in [6, 6.07) is 13.5. The highest BCUT2D eigenvalue weighted by atomic mass is 16.2. The molecule has 3 N–H and O–H groups in total. The van der Waals surface area contributed by atoms with Crippen molar-refractivity contribution in [1.82, 2.24) is 9.88 Å². The zero-order valence-corrected chi connectivity index (χ0v) is 13.2. The number of likely N-dealkylation sites (tertiary alicyclic amines) is 1. The van der Waals surface area contributed by atoms with Crippen LogP contribution in [0.2, 0.25) is 0 Å². The van der Waals surface area contributed by atoms with Crippen molar-refractivity contribution in [1.29, 1.82) is 0 Å². The van der Waals surface area contributed by atoms with Crippen LogP contribution in [-0.4, -0.2) is 35.4 Å². The van der Waals surface area contributed by atoms with Crippen molar-refractivity contribution in [2.75, 3.05) is 19.6 Å². The number of carbonyl (C=O) groups is 1. The Hall–Kier alpha value is -2.40. The van der Waals surface area contributed by atoms with Crippen LogP contribution in [0.15, 0.2) is 47.3 Å². The first-order valence-corrected chi connectivity index (χ1v) is 7.84. The number of nitrogens with two attached hydrogens (primary N) is 1. The lowest BCUT2D eigenvalue weighted by molar-refractivity contribution is 0.0784. The predicted octanol–water partition coefficient (Wildman–Crippen LogP) is 1.50. The Labute approximate surface area is 135 Å². The van der Waals surface area contributed by atoms with Gasteiger partial charge in [-0.1, -0.05) is 30.3 Å². The van der Waals surface area contributed by atoms with Gasteiger partial charge in [0.1, 0.15) is 5.56 Å². The molecule has 1 aromatic heterocycles. The molecular weight excluding hydrogens is 290 g/mol. The molecule has 1 fully saturated rings. The molecular formula is C18H21N3O2. The van der Waals surface area contributed by atoms with E-state index in [0.29, 0.717) is 19.6 Å². The highest BCUT2D eigenvalue weighted by Gasteiger charge is 2.36. The summed E-state index contributed by atoms with van der Waals surface area (Å²) in [6.45, 7) is 3.50. The van der Waals surface area contributed by atoms with Gasteiger partial charge in [-0.25, -0.2) is 0 Å². The molecule has 2 aromatic rings. The Morgan fingerprint density at radius 2 is 1.96 bits per heavy atom. The number of carbonyl (C=O) groups excluding carboxylic acids is 1. The van der Waals surface area contributed by atoms with Crippen LogP contribution in [0.4, 0.5) is 0 Å². The van der Waals surface area contributed by atoms with E-state index in [0.717, 1.165) is 5.69 Å². The highest BCUT2D eigenvalue weighted by molar-refractivity contribution is 5.94. The van der Waals surface area contributed by atoms with E-state index < -0.39 is 0 Å². The summed E-state index contributed by atoms with van der Waals surface area (Å²) in [5.41, 5.74) is 7.71. The molecule has 0 radical (unpaired) electrons. The number of aromatic amines is 1. The van der Waals surface area contributed by atoms with E-state index in [1.54, 1.807) is 24.0 Å². The molecule has 5 nitrogen and oxygen atoms in total. The third-order valence-electron chi connectivity index (χ3n) is 4.54. The second-order valence-corrected chi connectivity index (χ2v) is 6.11. The van der Waals surface area contributed by atoms with Gasteiger partial charge in [0.05, 0.1) is 0 Å². The lowest BCUT2D eigenvalue weighted by Gasteiger charge is -2.16. The molecule has 1 saturated heterocycles. The van der Waals surface area contributed by atoms with Gasteiger partial charge in [0.25, 0.3) is 11.5 Å². The van der Waals surface area contributed by atoms with Crippen molar-refractivity contribution in [2.45, 2.75) is 12.8 Å². The lowest BCUT2D eigenvalue weighted by atomic mass is 9.89. The quantitative estimate of drug-likeness (QED) is 0.901. The van der Waals surface area contributed by atoms with Gasteiger partial charge in [-0.2, -0.15) is 0 Å². The van der Waals surface area contributed by atoms with Crippen LogP contribution in [0.25, 0.3) is 0 Å². The second kappa shape index (κ2) is 6.38. The van der Waals surface area contributed by atoms with E-state index >= 15 is 0 Å². The first kappa shape index (κ1) is 15.5. The van der Waals surface area contributed by atoms with Gasteiger partial charge in [0.2, 0.25) is 0 Å². The third kappa shape index (κ3) is 3.05. The smallest absolute Gasteiger partial charge is 0.260 e. The second-order valence-electron chi connectivity index (χ2n) is 6.11. The Bertz CT molecular complexity index is 754. The topological polar surface area (TPSA) is 79.2 Å². The first-order valence-electron chi connectivity index (χ1n) is 7.84. The van der Waals surface area contributed by atoms with E-state index in [1.807, 2.05) is 18.2 Å². The maximum Gasteiger partial charge on any atom is 0.260 e. The number of aromatic nitrogens is 1. The number of hydrogen-bond donors (Lipinski definition) is 2. The molecule has 1 aromatic carbocycles. The zero-order valence-electron chi connectivity index (χ0n) is 13.2. The minimum atomic E-state index is -0.331. The monoisotopic (exact) mass is 311 g/mol. The number of pyridine rings is 1. The van der Waals surface area contributed by atoms with Crippen molar-refractivity contribution in [3.63, 3.8) is 0 Å². The molecule has 2 heterocycles. The van der Waals surface area contributed by atoms with Crippen LogP contribution in [0.3, 0.4) is 0 Å². The van der Waals surface area contributed by atoms with Gasteiger partial charge in [0.15, 0.2) is 0 Å². The molecule has 2 atom stereocenters. The largest absolute Gasteiger partial charge is 0.337 e. The molecule has 0 bridgehead atoms. The average molecular weight is 311 g/mol. The van der Waals surface area contributed by atoms with Crippen LogP contribution in [0.1, 0.15) is 27.5 Å². The van der Waals surface area contributed by atoms with Crippen LogP contribution < -0.4 is 11.3 Å². The van der Waals surface area contributed by atoms with Gasteiger partial charge < -0.3 is 15.6 Å². The Kier molecular flexibility index (Phi) is 4.30. The summed E-state index contributed by atoms with van der Waals surface area (Å²) < 4.78 is 0. The van der Waals surface area contributed by atoms with Crippen LogP contribution in [-0.2, 0) is 0 Å². The molecule has 0 saturated carbocycles. The van der Waals surface area contributed by atoms with Gasteiger partial charge in [-0.15, -0.1) is 0 Å². The molecule has 1 aliphatic rings. The maximum atomic E-state index is 12.7. The van der Waals surface area contributed by atoms with Crippen molar-refractivity contribution >= 4 is 5.91 Å². The Morgan fingerprint density at radius 1 is 1.22 bits per heavy atom. The SMILES string of the molecule is Cc1ccc(C(=O)N2C[C@@H](CN)[C@H](c3ccccc3)C2)c(=O)[nH]1. The van der Waals surface area contributed by atoms with Gasteiger partial charge in [-0.05, 0) is 37.1 Å². The summed E-state index contributed by atoms with van der Waals surface area (Å²) in [5, 5.41) is 0. The summed E-state index contributed by atoms with van der Waals surface area (Å²) in [6.07, 6.45) is 0. The number of rotatable bonds is 3. The zero-order chi connectivity index (χ0) is 16.4. The van der Waals surface area contributed by atoms with Crippen LogP contribution in [0, 0.1) is 12.8 Å². The van der Waals surface area contributed by atoms with Crippen molar-refractivity contribution in [3.05, 3.63) is 69.6 Å². The van der Waals surface area contributed by atoms with E-state index in [2.05, 4.69) is 17.1 Å². The molecule has 0 spiro atoms. The van der Waals surface area contributed by atoms with Gasteiger partial charge in [0, 0.05) is 24.7 Å². The third-order valence-corrected chi connectivity index (χ3v) is 4.54. The molecule has 1 amide bonds. The number of benzene rings is 1. The van der Waals surface area contributed by atoms with Crippen molar-refractivity contribution < 1.29 is 4.79 Å². The van der Waals surface area contributed by atoms with Crippen molar-refractivity contribution in [2.24, 2.45) is 11.7 Å². The molecule has 3 rings (SSSR count). The van der Waals surface area contributed by atoms with Crippen LogP contribution >= 0.6 is 0 Å². The number of nitrogens with zero attached hydrogens (tertiary/aromatic N) is 1. The molecule has 5 heteroatoms. The number of H-pyrrole nitrogens is 1. The number of aryl methyl sites for hydroxylation is 1. The normalized spacial score (nSPS) is 20.7. The van der Waals surface area contributed by atoms with Gasteiger partial charge in [-0.3, -0.25) is 9.59 Å². The molecule has 1 aliphatic heterocycles. The fourth-order valence-corrected chi connectivity index (χ4v) is 3.26.